The zero-order valence-electron chi connectivity index (χ0n) is 8.24. The van der Waals surface area contributed by atoms with Crippen molar-refractivity contribution in [3.8, 4) is 6.07 Å². The average Bonchev–Trinajstić information content (AvgIpc) is 2.17. The summed E-state index contributed by atoms with van der Waals surface area (Å²) >= 11 is 0. The van der Waals surface area contributed by atoms with Crippen LogP contribution in [0, 0.1) is 11.3 Å². The normalized spacial score (nSPS) is 9.07. The highest BCUT2D eigenvalue weighted by Gasteiger charge is 2.03. The molecule has 0 aliphatic heterocycles. The number of rotatable bonds is 2. The van der Waals surface area contributed by atoms with E-state index in [0.717, 1.165) is 0 Å². The maximum atomic E-state index is 11.1. The Balaban J connectivity index is 2.82. The second kappa shape index (κ2) is 4.81. The smallest absolute Gasteiger partial charge is 0.320 e. The van der Waals surface area contributed by atoms with E-state index in [-0.39, 0.29) is 17.7 Å². The van der Waals surface area contributed by atoms with Gasteiger partial charge in [0.05, 0.1) is 11.6 Å². The third-order valence-corrected chi connectivity index (χ3v) is 1.55. The molecule has 0 saturated carbocycles. The predicted molar refractivity (Wildman–Crippen MR) is 56.1 cm³/mol. The molecule has 0 saturated heterocycles. The topological polar surface area (TPSA) is 104 Å². The molecule has 1 aromatic heterocycles. The molecule has 1 heterocycles. The fourth-order valence-electron chi connectivity index (χ4n) is 1.00. The third-order valence-electron chi connectivity index (χ3n) is 1.55. The molecule has 0 radical (unpaired) electrons. The number of carbonyl (C=O) groups is 1. The first kappa shape index (κ1) is 10.8. The summed E-state index contributed by atoms with van der Waals surface area (Å²) < 4.78 is 0. The van der Waals surface area contributed by atoms with Crippen LogP contribution in [0.15, 0.2) is 12.1 Å². The Labute approximate surface area is 87.1 Å². The zero-order valence-corrected chi connectivity index (χ0v) is 8.24. The highest BCUT2D eigenvalue weighted by molar-refractivity contribution is 5.88. The van der Waals surface area contributed by atoms with Crippen molar-refractivity contribution < 1.29 is 4.79 Å². The van der Waals surface area contributed by atoms with Crippen molar-refractivity contribution in [2.24, 2.45) is 0 Å². The number of hydrogen-bond acceptors (Lipinski definition) is 4. The van der Waals surface area contributed by atoms with Crippen molar-refractivity contribution in [1.82, 2.24) is 10.3 Å². The van der Waals surface area contributed by atoms with Gasteiger partial charge < -0.3 is 11.1 Å². The Morgan fingerprint density at radius 3 is 3.00 bits per heavy atom. The Hall–Kier alpha value is -2.29. The second-order valence-electron chi connectivity index (χ2n) is 2.76. The minimum atomic E-state index is -0.375. The number of pyridine rings is 1. The van der Waals surface area contributed by atoms with Gasteiger partial charge in [-0.3, -0.25) is 5.32 Å². The first-order chi connectivity index (χ1) is 7.15. The van der Waals surface area contributed by atoms with Crippen LogP contribution in [0.25, 0.3) is 0 Å². The van der Waals surface area contributed by atoms with Crippen LogP contribution in [0.1, 0.15) is 12.5 Å². The van der Waals surface area contributed by atoms with Gasteiger partial charge in [-0.15, -0.1) is 0 Å². The molecule has 0 fully saturated rings. The molecule has 4 N–H and O–H groups in total. The fraction of sp³-hybridized carbons (Fsp3) is 0.222. The zero-order chi connectivity index (χ0) is 11.3. The molecule has 6 nitrogen and oxygen atoms in total. The van der Waals surface area contributed by atoms with Crippen LogP contribution in [0.2, 0.25) is 0 Å². The van der Waals surface area contributed by atoms with Gasteiger partial charge in [-0.05, 0) is 19.1 Å². The molecule has 0 aliphatic rings. The van der Waals surface area contributed by atoms with Crippen LogP contribution >= 0.6 is 0 Å². The van der Waals surface area contributed by atoms with E-state index in [2.05, 4.69) is 15.6 Å². The van der Waals surface area contributed by atoms with Crippen molar-refractivity contribution in [2.45, 2.75) is 6.92 Å². The number of aromatic nitrogens is 1. The molecule has 1 aromatic rings. The molecule has 15 heavy (non-hydrogen) atoms. The third kappa shape index (κ3) is 3.15. The Kier molecular flexibility index (Phi) is 3.46. The number of nitrogen functional groups attached to an aromatic ring is 1. The van der Waals surface area contributed by atoms with E-state index < -0.39 is 0 Å². The molecule has 0 atom stereocenters. The molecule has 0 bridgehead atoms. The van der Waals surface area contributed by atoms with E-state index in [0.29, 0.717) is 12.1 Å². The molecule has 78 valence electrons. The van der Waals surface area contributed by atoms with E-state index in [1.165, 1.54) is 12.1 Å². The van der Waals surface area contributed by atoms with Crippen molar-refractivity contribution in [1.29, 1.82) is 5.26 Å². The minimum Gasteiger partial charge on any atom is -0.384 e. The standard InChI is InChI=1S/C9H11N5O/c1-2-12-9(15)14-8-4-6(5-10)3-7(11)13-8/h3-4H,2H2,1H3,(H4,11,12,13,14,15). The van der Waals surface area contributed by atoms with E-state index in [1.807, 2.05) is 6.07 Å². The summed E-state index contributed by atoms with van der Waals surface area (Å²) in [4.78, 5) is 15.0. The summed E-state index contributed by atoms with van der Waals surface area (Å²) in [5.41, 5.74) is 5.81. The highest BCUT2D eigenvalue weighted by Crippen LogP contribution is 2.10. The summed E-state index contributed by atoms with van der Waals surface area (Å²) in [5, 5.41) is 13.7. The van der Waals surface area contributed by atoms with Crippen LogP contribution < -0.4 is 16.4 Å². The summed E-state index contributed by atoms with van der Waals surface area (Å²) in [5.74, 6) is 0.457. The lowest BCUT2D eigenvalue weighted by Crippen LogP contribution is -2.28. The lowest BCUT2D eigenvalue weighted by molar-refractivity contribution is 0.252. The summed E-state index contributed by atoms with van der Waals surface area (Å²) in [6.45, 7) is 2.31. The van der Waals surface area contributed by atoms with E-state index in [1.54, 1.807) is 6.92 Å². The van der Waals surface area contributed by atoms with Gasteiger partial charge in [-0.1, -0.05) is 0 Å². The van der Waals surface area contributed by atoms with Gasteiger partial charge in [0.1, 0.15) is 11.6 Å². The van der Waals surface area contributed by atoms with Gasteiger partial charge in [-0.2, -0.15) is 5.26 Å². The molecule has 6 heteroatoms. The Bertz CT molecular complexity index is 409. The number of nitrogens with zero attached hydrogens (tertiary/aromatic N) is 2. The molecule has 0 aliphatic carbocycles. The van der Waals surface area contributed by atoms with Crippen molar-refractivity contribution in [3.63, 3.8) is 0 Å². The summed E-state index contributed by atoms with van der Waals surface area (Å²) in [7, 11) is 0. The van der Waals surface area contributed by atoms with Gasteiger partial charge in [0.2, 0.25) is 0 Å². The molecule has 1 rings (SSSR count). The monoisotopic (exact) mass is 205 g/mol. The van der Waals surface area contributed by atoms with E-state index in [4.69, 9.17) is 11.0 Å². The number of nitrogens with two attached hydrogens (primary N) is 1. The average molecular weight is 205 g/mol. The van der Waals surface area contributed by atoms with E-state index >= 15 is 0 Å². The fourth-order valence-corrected chi connectivity index (χ4v) is 1.00. The SMILES string of the molecule is CCNC(=O)Nc1cc(C#N)cc(N)n1. The number of urea groups is 1. The Morgan fingerprint density at radius 1 is 1.67 bits per heavy atom. The number of anilines is 2. The highest BCUT2D eigenvalue weighted by atomic mass is 16.2. The maximum absolute atomic E-state index is 11.1. The number of carbonyl (C=O) groups excluding carboxylic acids is 1. The van der Waals surface area contributed by atoms with Gasteiger partial charge in [0.25, 0.3) is 0 Å². The largest absolute Gasteiger partial charge is 0.384 e. The number of amides is 2. The molecular formula is C9H11N5O. The lowest BCUT2D eigenvalue weighted by Gasteiger charge is -2.05. The molecule has 0 spiro atoms. The van der Waals surface area contributed by atoms with Crippen molar-refractivity contribution >= 4 is 17.7 Å². The van der Waals surface area contributed by atoms with Gasteiger partial charge >= 0.3 is 6.03 Å². The molecule has 0 unspecified atom stereocenters. The lowest BCUT2D eigenvalue weighted by atomic mass is 10.3. The first-order valence-corrected chi connectivity index (χ1v) is 4.38. The van der Waals surface area contributed by atoms with Crippen LogP contribution in [0.3, 0.4) is 0 Å². The second-order valence-corrected chi connectivity index (χ2v) is 2.76. The van der Waals surface area contributed by atoms with Crippen molar-refractivity contribution in [3.05, 3.63) is 17.7 Å². The predicted octanol–water partition coefficient (Wildman–Crippen LogP) is 0.677. The van der Waals surface area contributed by atoms with Crippen LogP contribution in [-0.2, 0) is 0 Å². The summed E-state index contributed by atoms with van der Waals surface area (Å²) in [6, 6.07) is 4.43. The van der Waals surface area contributed by atoms with Crippen molar-refractivity contribution in [2.75, 3.05) is 17.6 Å². The van der Waals surface area contributed by atoms with Crippen LogP contribution in [0.5, 0.6) is 0 Å². The van der Waals surface area contributed by atoms with Crippen LogP contribution in [0.4, 0.5) is 16.4 Å². The first-order valence-electron chi connectivity index (χ1n) is 4.38. The van der Waals surface area contributed by atoms with Gasteiger partial charge in [0, 0.05) is 6.54 Å². The molecule has 2 amide bonds. The molecular weight excluding hydrogens is 194 g/mol. The molecule has 0 aromatic carbocycles. The maximum Gasteiger partial charge on any atom is 0.320 e. The number of nitrogens with one attached hydrogen (secondary N) is 2. The quantitative estimate of drug-likeness (QED) is 0.660. The Morgan fingerprint density at radius 2 is 2.40 bits per heavy atom. The van der Waals surface area contributed by atoms with Gasteiger partial charge in [0.15, 0.2) is 0 Å². The minimum absolute atomic E-state index is 0.195. The number of hydrogen-bond donors (Lipinski definition) is 3. The summed E-state index contributed by atoms with van der Waals surface area (Å²) in [6.07, 6.45) is 0. The van der Waals surface area contributed by atoms with Gasteiger partial charge in [-0.25, -0.2) is 9.78 Å². The number of nitriles is 1. The van der Waals surface area contributed by atoms with Crippen LogP contribution in [-0.4, -0.2) is 17.6 Å². The van der Waals surface area contributed by atoms with E-state index in [9.17, 15) is 4.79 Å².